The number of carbonyl (C=O) groups is 1. The lowest BCUT2D eigenvalue weighted by Crippen LogP contribution is -2.55. The molecular formula is C13H18N2O3S. The first kappa shape index (κ1) is 14.0. The van der Waals surface area contributed by atoms with E-state index in [0.717, 1.165) is 11.1 Å². The van der Waals surface area contributed by atoms with Crippen LogP contribution in [-0.4, -0.2) is 37.8 Å². The minimum atomic E-state index is -3.46. The monoisotopic (exact) mass is 282 g/mol. The Morgan fingerprint density at radius 3 is 2.58 bits per heavy atom. The zero-order valence-corrected chi connectivity index (χ0v) is 11.9. The van der Waals surface area contributed by atoms with Crippen LogP contribution in [0.15, 0.2) is 24.3 Å². The van der Waals surface area contributed by atoms with Gasteiger partial charge >= 0.3 is 0 Å². The highest BCUT2D eigenvalue weighted by molar-refractivity contribution is 7.88. The van der Waals surface area contributed by atoms with Crippen LogP contribution >= 0.6 is 0 Å². The van der Waals surface area contributed by atoms with Crippen LogP contribution in [0.2, 0.25) is 0 Å². The molecule has 0 radical (unpaired) electrons. The van der Waals surface area contributed by atoms with Crippen molar-refractivity contribution in [3.8, 4) is 0 Å². The number of hydrogen-bond acceptors (Lipinski definition) is 3. The fourth-order valence-electron chi connectivity index (χ4n) is 2.12. The largest absolute Gasteiger partial charge is 0.353 e. The molecule has 1 fully saturated rings. The molecular weight excluding hydrogens is 264 g/mol. The van der Waals surface area contributed by atoms with E-state index in [9.17, 15) is 13.2 Å². The molecule has 6 heteroatoms. The van der Waals surface area contributed by atoms with Crippen molar-refractivity contribution in [2.24, 2.45) is 0 Å². The van der Waals surface area contributed by atoms with Gasteiger partial charge in [-0.1, -0.05) is 29.8 Å². The maximum Gasteiger partial charge on any atom is 0.238 e. The number of sulfonamides is 1. The Kier molecular flexibility index (Phi) is 3.91. The van der Waals surface area contributed by atoms with Crippen LogP contribution in [0.25, 0.3) is 0 Å². The van der Waals surface area contributed by atoms with E-state index in [1.54, 1.807) is 6.92 Å². The third kappa shape index (κ3) is 3.13. The third-order valence-electron chi connectivity index (χ3n) is 3.27. The summed E-state index contributed by atoms with van der Waals surface area (Å²) in [5.74, 6) is -0.302. The molecule has 1 aliphatic rings. The summed E-state index contributed by atoms with van der Waals surface area (Å²) in [5, 5.41) is 2.66. The molecule has 0 aliphatic carbocycles. The molecule has 1 atom stereocenters. The van der Waals surface area contributed by atoms with E-state index in [1.807, 2.05) is 31.2 Å². The molecule has 19 heavy (non-hydrogen) atoms. The Morgan fingerprint density at radius 2 is 1.95 bits per heavy atom. The van der Waals surface area contributed by atoms with Crippen molar-refractivity contribution in [1.29, 1.82) is 0 Å². The summed E-state index contributed by atoms with van der Waals surface area (Å²) in [6, 6.07) is 6.75. The Balaban J connectivity index is 2.18. The maximum absolute atomic E-state index is 12.3. The van der Waals surface area contributed by atoms with Gasteiger partial charge in [0.15, 0.2) is 0 Å². The second-order valence-corrected chi connectivity index (χ2v) is 6.74. The Labute approximate surface area is 113 Å². The lowest BCUT2D eigenvalue weighted by molar-refractivity contribution is -0.126. The smallest absolute Gasteiger partial charge is 0.238 e. The maximum atomic E-state index is 12.3. The number of nitrogens with one attached hydrogen (secondary N) is 1. The molecule has 1 N–H and O–H groups in total. The van der Waals surface area contributed by atoms with Gasteiger partial charge in [0.05, 0.1) is 5.75 Å². The van der Waals surface area contributed by atoms with Crippen molar-refractivity contribution < 1.29 is 13.2 Å². The van der Waals surface area contributed by atoms with E-state index < -0.39 is 16.1 Å². The van der Waals surface area contributed by atoms with Gasteiger partial charge < -0.3 is 5.32 Å². The van der Waals surface area contributed by atoms with Gasteiger partial charge in [0.25, 0.3) is 0 Å². The van der Waals surface area contributed by atoms with Crippen LogP contribution in [0.3, 0.4) is 0 Å². The molecule has 1 amide bonds. The molecule has 1 aliphatic heterocycles. The molecule has 2 rings (SSSR count). The molecule has 1 aromatic rings. The molecule has 1 heterocycles. The number of nitrogens with zero attached hydrogens (tertiary/aromatic N) is 1. The van der Waals surface area contributed by atoms with Crippen molar-refractivity contribution in [3.63, 3.8) is 0 Å². The highest BCUT2D eigenvalue weighted by atomic mass is 32.2. The molecule has 0 saturated carbocycles. The summed E-state index contributed by atoms with van der Waals surface area (Å²) in [5.41, 5.74) is 1.83. The standard InChI is InChI=1S/C13H18N2O3S/c1-10-3-5-12(6-4-10)9-19(17,18)15-8-7-14-13(16)11(15)2/h3-6,11H,7-9H2,1-2H3,(H,14,16). The number of rotatable bonds is 3. The number of benzene rings is 1. The van der Waals surface area contributed by atoms with E-state index >= 15 is 0 Å². The summed E-state index contributed by atoms with van der Waals surface area (Å²) < 4.78 is 26.0. The van der Waals surface area contributed by atoms with Crippen LogP contribution in [-0.2, 0) is 20.6 Å². The predicted octanol–water partition coefficient (Wildman–Crippen LogP) is 0.645. The number of amides is 1. The second kappa shape index (κ2) is 5.30. The van der Waals surface area contributed by atoms with Gasteiger partial charge in [0.1, 0.15) is 6.04 Å². The quantitative estimate of drug-likeness (QED) is 0.885. The van der Waals surface area contributed by atoms with Crippen molar-refractivity contribution in [3.05, 3.63) is 35.4 Å². The molecule has 0 bridgehead atoms. The molecule has 0 spiro atoms. The lowest BCUT2D eigenvalue weighted by Gasteiger charge is -2.31. The summed E-state index contributed by atoms with van der Waals surface area (Å²) in [6.45, 7) is 4.27. The summed E-state index contributed by atoms with van der Waals surface area (Å²) >= 11 is 0. The predicted molar refractivity (Wildman–Crippen MR) is 73.0 cm³/mol. The molecule has 0 aromatic heterocycles. The number of aryl methyl sites for hydroxylation is 1. The van der Waals surface area contributed by atoms with E-state index in [-0.39, 0.29) is 11.7 Å². The zero-order valence-electron chi connectivity index (χ0n) is 11.1. The van der Waals surface area contributed by atoms with Gasteiger partial charge in [-0.05, 0) is 19.4 Å². The highest BCUT2D eigenvalue weighted by Gasteiger charge is 2.34. The first-order valence-electron chi connectivity index (χ1n) is 6.23. The van der Waals surface area contributed by atoms with Gasteiger partial charge in [-0.25, -0.2) is 8.42 Å². The summed E-state index contributed by atoms with van der Waals surface area (Å²) in [7, 11) is -3.46. The topological polar surface area (TPSA) is 66.5 Å². The minimum absolute atomic E-state index is 0.0646. The van der Waals surface area contributed by atoms with Crippen molar-refractivity contribution in [1.82, 2.24) is 9.62 Å². The molecule has 104 valence electrons. The van der Waals surface area contributed by atoms with Crippen LogP contribution in [0.1, 0.15) is 18.1 Å². The Bertz CT molecular complexity index is 566. The van der Waals surface area contributed by atoms with Crippen molar-refractivity contribution >= 4 is 15.9 Å². The SMILES string of the molecule is Cc1ccc(CS(=O)(=O)N2CCNC(=O)C2C)cc1. The third-order valence-corrected chi connectivity index (χ3v) is 5.18. The first-order chi connectivity index (χ1) is 8.90. The fourth-order valence-corrected chi connectivity index (χ4v) is 3.85. The van der Waals surface area contributed by atoms with Gasteiger partial charge in [0.2, 0.25) is 15.9 Å². The Morgan fingerprint density at radius 1 is 1.32 bits per heavy atom. The fraction of sp³-hybridized carbons (Fsp3) is 0.462. The average molecular weight is 282 g/mol. The second-order valence-electron chi connectivity index (χ2n) is 4.82. The van der Waals surface area contributed by atoms with E-state index in [2.05, 4.69) is 5.32 Å². The van der Waals surface area contributed by atoms with E-state index in [1.165, 1.54) is 4.31 Å². The van der Waals surface area contributed by atoms with Crippen LogP contribution in [0, 0.1) is 6.92 Å². The van der Waals surface area contributed by atoms with Gasteiger partial charge in [-0.2, -0.15) is 4.31 Å². The zero-order chi connectivity index (χ0) is 14.0. The number of hydrogen-bond donors (Lipinski definition) is 1. The van der Waals surface area contributed by atoms with Crippen molar-refractivity contribution in [2.75, 3.05) is 13.1 Å². The van der Waals surface area contributed by atoms with Crippen LogP contribution in [0.5, 0.6) is 0 Å². The normalized spacial score (nSPS) is 21.2. The van der Waals surface area contributed by atoms with Gasteiger partial charge in [-0.3, -0.25) is 4.79 Å². The highest BCUT2D eigenvalue weighted by Crippen LogP contribution is 2.16. The van der Waals surface area contributed by atoms with Crippen LogP contribution < -0.4 is 5.32 Å². The Hall–Kier alpha value is -1.40. The summed E-state index contributed by atoms with van der Waals surface area (Å²) in [6.07, 6.45) is 0. The molecule has 5 nitrogen and oxygen atoms in total. The molecule has 1 unspecified atom stereocenters. The lowest BCUT2D eigenvalue weighted by atomic mass is 10.2. The van der Waals surface area contributed by atoms with Gasteiger partial charge in [-0.15, -0.1) is 0 Å². The number of carbonyl (C=O) groups excluding carboxylic acids is 1. The van der Waals surface area contributed by atoms with E-state index in [0.29, 0.717) is 13.1 Å². The minimum Gasteiger partial charge on any atom is -0.353 e. The number of piperazine rings is 1. The van der Waals surface area contributed by atoms with E-state index in [4.69, 9.17) is 0 Å². The average Bonchev–Trinajstić information content (AvgIpc) is 2.35. The van der Waals surface area contributed by atoms with Crippen molar-refractivity contribution in [2.45, 2.75) is 25.6 Å². The first-order valence-corrected chi connectivity index (χ1v) is 7.84. The van der Waals surface area contributed by atoms with Gasteiger partial charge in [0, 0.05) is 13.1 Å². The molecule has 1 saturated heterocycles. The summed E-state index contributed by atoms with van der Waals surface area (Å²) in [4.78, 5) is 11.5. The van der Waals surface area contributed by atoms with Crippen LogP contribution in [0.4, 0.5) is 0 Å². The molecule has 1 aromatic carbocycles.